The Morgan fingerprint density at radius 3 is 2.75 bits per heavy atom. The molecule has 0 aliphatic carbocycles. The molecule has 0 radical (unpaired) electrons. The molecule has 3 nitrogen and oxygen atoms in total. The van der Waals surface area contributed by atoms with Crippen LogP contribution in [0.25, 0.3) is 10.6 Å². The first-order chi connectivity index (χ1) is 7.58. The lowest BCUT2D eigenvalue weighted by Gasteiger charge is -2.00. The number of nitrogens with two attached hydrogens (primary N) is 1. The van der Waals surface area contributed by atoms with E-state index in [1.807, 2.05) is 26.0 Å². The number of rotatable bonds is 2. The fourth-order valence-electron chi connectivity index (χ4n) is 1.59. The van der Waals surface area contributed by atoms with Crippen LogP contribution in [0.4, 0.5) is 0 Å². The molecule has 84 valence electrons. The Balaban J connectivity index is 2.45. The Kier molecular flexibility index (Phi) is 2.94. The Morgan fingerprint density at radius 1 is 1.44 bits per heavy atom. The summed E-state index contributed by atoms with van der Waals surface area (Å²) in [5, 5.41) is 10.3. The predicted octanol–water partition coefficient (Wildman–Crippen LogP) is 2.84. The zero-order chi connectivity index (χ0) is 11.7. The van der Waals surface area contributed by atoms with Crippen molar-refractivity contribution in [2.75, 3.05) is 0 Å². The summed E-state index contributed by atoms with van der Waals surface area (Å²) in [6.45, 7) is 3.91. The van der Waals surface area contributed by atoms with Gasteiger partial charge in [0.1, 0.15) is 10.8 Å². The smallest absolute Gasteiger partial charge is 0.124 e. The molecule has 0 aliphatic heterocycles. The summed E-state index contributed by atoms with van der Waals surface area (Å²) in [6.07, 6.45) is 0. The van der Waals surface area contributed by atoms with Gasteiger partial charge in [0.25, 0.3) is 0 Å². The third kappa shape index (κ3) is 2.08. The van der Waals surface area contributed by atoms with Gasteiger partial charge in [-0.1, -0.05) is 12.1 Å². The Hall–Kier alpha value is -1.39. The quantitative estimate of drug-likeness (QED) is 0.840. The van der Waals surface area contributed by atoms with Crippen molar-refractivity contribution >= 4 is 11.3 Å². The van der Waals surface area contributed by atoms with Crippen molar-refractivity contribution in [3.8, 4) is 16.3 Å². The fraction of sp³-hybridized carbons (Fsp3) is 0.250. The highest BCUT2D eigenvalue weighted by molar-refractivity contribution is 7.15. The molecule has 1 unspecified atom stereocenters. The molecule has 1 aromatic heterocycles. The molecule has 1 atom stereocenters. The molecule has 3 N–H and O–H groups in total. The van der Waals surface area contributed by atoms with E-state index in [1.54, 1.807) is 23.5 Å². The molecule has 0 fully saturated rings. The van der Waals surface area contributed by atoms with Crippen LogP contribution in [-0.4, -0.2) is 10.1 Å². The van der Waals surface area contributed by atoms with E-state index in [-0.39, 0.29) is 11.8 Å². The number of phenols is 1. The maximum atomic E-state index is 9.41. The maximum Gasteiger partial charge on any atom is 0.124 e. The number of hydrogen-bond acceptors (Lipinski definition) is 4. The number of nitrogens with zero attached hydrogens (tertiary/aromatic N) is 1. The van der Waals surface area contributed by atoms with Crippen LogP contribution in [0.15, 0.2) is 24.3 Å². The van der Waals surface area contributed by atoms with Gasteiger partial charge in [-0.3, -0.25) is 0 Å². The summed E-state index contributed by atoms with van der Waals surface area (Å²) in [4.78, 5) is 5.57. The highest BCUT2D eigenvalue weighted by Gasteiger charge is 2.12. The second kappa shape index (κ2) is 4.23. The highest BCUT2D eigenvalue weighted by Crippen LogP contribution is 2.31. The molecule has 2 rings (SSSR count). The lowest BCUT2D eigenvalue weighted by atomic mass is 10.2. The largest absolute Gasteiger partial charge is 0.508 e. The van der Waals surface area contributed by atoms with Gasteiger partial charge in [-0.05, 0) is 26.0 Å². The van der Waals surface area contributed by atoms with Gasteiger partial charge in [-0.2, -0.15) is 0 Å². The molecule has 1 aromatic carbocycles. The zero-order valence-electron chi connectivity index (χ0n) is 9.27. The first kappa shape index (κ1) is 11.1. The lowest BCUT2D eigenvalue weighted by Crippen LogP contribution is -2.03. The molecule has 0 spiro atoms. The van der Waals surface area contributed by atoms with Crippen LogP contribution in [0, 0.1) is 6.92 Å². The van der Waals surface area contributed by atoms with Gasteiger partial charge in [0, 0.05) is 16.5 Å². The van der Waals surface area contributed by atoms with Crippen LogP contribution in [0.3, 0.4) is 0 Å². The standard InChI is InChI=1S/C12H14N2OS/c1-7(13)11-8(2)14-12(16-11)9-4-3-5-10(15)6-9/h3-7,15H,13H2,1-2H3. The monoisotopic (exact) mass is 234 g/mol. The van der Waals surface area contributed by atoms with Crippen LogP contribution in [0.5, 0.6) is 5.75 Å². The summed E-state index contributed by atoms with van der Waals surface area (Å²) in [6, 6.07) is 7.11. The number of aromatic nitrogens is 1. The Labute approximate surface area is 98.6 Å². The van der Waals surface area contributed by atoms with Crippen LogP contribution in [0.2, 0.25) is 0 Å². The van der Waals surface area contributed by atoms with E-state index < -0.39 is 0 Å². The van der Waals surface area contributed by atoms with Gasteiger partial charge < -0.3 is 10.8 Å². The van der Waals surface area contributed by atoms with Gasteiger partial charge >= 0.3 is 0 Å². The van der Waals surface area contributed by atoms with Crippen molar-refractivity contribution in [3.05, 3.63) is 34.8 Å². The highest BCUT2D eigenvalue weighted by atomic mass is 32.1. The van der Waals surface area contributed by atoms with Gasteiger partial charge in [0.05, 0.1) is 5.69 Å². The second-order valence-corrected chi connectivity index (χ2v) is 4.84. The molecular formula is C12H14N2OS. The zero-order valence-corrected chi connectivity index (χ0v) is 10.1. The van der Waals surface area contributed by atoms with E-state index in [1.165, 1.54) is 0 Å². The summed E-state index contributed by atoms with van der Waals surface area (Å²) in [5.41, 5.74) is 7.76. The summed E-state index contributed by atoms with van der Waals surface area (Å²) in [7, 11) is 0. The van der Waals surface area contributed by atoms with Crippen LogP contribution in [-0.2, 0) is 0 Å². The number of benzene rings is 1. The Bertz CT molecular complexity index is 505. The number of phenolic OH excluding ortho intramolecular Hbond substituents is 1. The average Bonchev–Trinajstić information content (AvgIpc) is 2.60. The first-order valence-electron chi connectivity index (χ1n) is 5.10. The molecule has 1 heterocycles. The second-order valence-electron chi connectivity index (χ2n) is 3.81. The molecule has 4 heteroatoms. The number of hydrogen-bond donors (Lipinski definition) is 2. The van der Waals surface area contributed by atoms with Crippen molar-refractivity contribution in [3.63, 3.8) is 0 Å². The van der Waals surface area contributed by atoms with Crippen molar-refractivity contribution in [1.82, 2.24) is 4.98 Å². The van der Waals surface area contributed by atoms with Crippen LogP contribution in [0.1, 0.15) is 23.5 Å². The molecule has 0 aliphatic rings. The van der Waals surface area contributed by atoms with Gasteiger partial charge in [-0.15, -0.1) is 11.3 Å². The van der Waals surface area contributed by atoms with Crippen molar-refractivity contribution in [2.24, 2.45) is 5.73 Å². The van der Waals surface area contributed by atoms with Gasteiger partial charge in [-0.25, -0.2) is 4.98 Å². The van der Waals surface area contributed by atoms with Crippen molar-refractivity contribution < 1.29 is 5.11 Å². The lowest BCUT2D eigenvalue weighted by molar-refractivity contribution is 0.475. The third-order valence-corrected chi connectivity index (χ3v) is 3.75. The minimum absolute atomic E-state index is 0.00330. The van der Waals surface area contributed by atoms with Crippen molar-refractivity contribution in [2.45, 2.75) is 19.9 Å². The van der Waals surface area contributed by atoms with Gasteiger partial charge in [0.2, 0.25) is 0 Å². The van der Waals surface area contributed by atoms with E-state index in [4.69, 9.17) is 5.73 Å². The normalized spacial score (nSPS) is 12.7. The molecule has 0 amide bonds. The molecule has 0 bridgehead atoms. The molecular weight excluding hydrogens is 220 g/mol. The topological polar surface area (TPSA) is 59.1 Å². The van der Waals surface area contributed by atoms with E-state index in [2.05, 4.69) is 4.98 Å². The Morgan fingerprint density at radius 2 is 2.19 bits per heavy atom. The van der Waals surface area contributed by atoms with Gasteiger partial charge in [0.15, 0.2) is 0 Å². The molecule has 16 heavy (non-hydrogen) atoms. The first-order valence-corrected chi connectivity index (χ1v) is 5.92. The summed E-state index contributed by atoms with van der Waals surface area (Å²) >= 11 is 1.58. The molecule has 0 saturated carbocycles. The number of aromatic hydroxyl groups is 1. The van der Waals surface area contributed by atoms with Crippen molar-refractivity contribution in [1.29, 1.82) is 0 Å². The third-order valence-electron chi connectivity index (χ3n) is 2.34. The minimum Gasteiger partial charge on any atom is -0.508 e. The van der Waals surface area contributed by atoms with E-state index in [9.17, 15) is 5.11 Å². The SMILES string of the molecule is Cc1nc(-c2cccc(O)c2)sc1C(C)N. The summed E-state index contributed by atoms with van der Waals surface area (Å²) in [5.74, 6) is 0.257. The maximum absolute atomic E-state index is 9.41. The van der Waals surface area contributed by atoms with Crippen LogP contribution >= 0.6 is 11.3 Å². The number of aryl methyl sites for hydroxylation is 1. The minimum atomic E-state index is 0.00330. The fourth-order valence-corrected chi connectivity index (χ4v) is 2.61. The summed E-state index contributed by atoms with van der Waals surface area (Å²) < 4.78 is 0. The van der Waals surface area contributed by atoms with Crippen LogP contribution < -0.4 is 5.73 Å². The molecule has 2 aromatic rings. The van der Waals surface area contributed by atoms with E-state index in [0.29, 0.717) is 0 Å². The van der Waals surface area contributed by atoms with E-state index in [0.717, 1.165) is 21.1 Å². The molecule has 0 saturated heterocycles. The average molecular weight is 234 g/mol. The van der Waals surface area contributed by atoms with E-state index >= 15 is 0 Å². The predicted molar refractivity (Wildman–Crippen MR) is 66.6 cm³/mol. The number of thiazole rings is 1.